The number of fused-ring (bicyclic) bond motifs is 1. The zero-order chi connectivity index (χ0) is 17.6. The molecule has 0 saturated carbocycles. The van der Waals surface area contributed by atoms with E-state index in [1.807, 2.05) is 12.1 Å². The fourth-order valence-electron chi connectivity index (χ4n) is 2.49. The van der Waals surface area contributed by atoms with E-state index in [4.69, 9.17) is 21.8 Å². The van der Waals surface area contributed by atoms with Crippen LogP contribution in [0.3, 0.4) is 0 Å². The summed E-state index contributed by atoms with van der Waals surface area (Å²) in [6.07, 6.45) is 3.15. The van der Waals surface area contributed by atoms with E-state index in [9.17, 15) is 5.26 Å². The van der Waals surface area contributed by atoms with E-state index < -0.39 is 0 Å². The van der Waals surface area contributed by atoms with Gasteiger partial charge in [-0.3, -0.25) is 5.10 Å². The summed E-state index contributed by atoms with van der Waals surface area (Å²) in [6, 6.07) is 5.48. The number of nitriles is 1. The molecule has 0 radical (unpaired) electrons. The number of nitrogens with zero attached hydrogens (tertiary/aromatic N) is 5. The molecule has 0 saturated heterocycles. The number of H-pyrrole nitrogens is 1. The van der Waals surface area contributed by atoms with Gasteiger partial charge < -0.3 is 10.2 Å². The van der Waals surface area contributed by atoms with Gasteiger partial charge in [0, 0.05) is 10.9 Å². The Kier molecular flexibility index (Phi) is 3.37. The summed E-state index contributed by atoms with van der Waals surface area (Å²) >= 11 is 6.31. The number of aryl methyl sites for hydroxylation is 1. The number of oxazole rings is 1. The van der Waals surface area contributed by atoms with Crippen LogP contribution in [0, 0.1) is 18.3 Å². The predicted octanol–water partition coefficient (Wildman–Crippen LogP) is 3.09. The van der Waals surface area contributed by atoms with E-state index in [1.54, 1.807) is 19.2 Å². The highest BCUT2D eigenvalue weighted by Crippen LogP contribution is 2.34. The summed E-state index contributed by atoms with van der Waals surface area (Å²) in [6.45, 7) is 1.79. The molecule has 3 N–H and O–H groups in total. The van der Waals surface area contributed by atoms with Gasteiger partial charge >= 0.3 is 0 Å². The van der Waals surface area contributed by atoms with E-state index >= 15 is 0 Å². The molecular formula is C16H10ClN7O. The molecule has 3 aromatic heterocycles. The number of anilines is 1. The van der Waals surface area contributed by atoms with Crippen LogP contribution in [0.5, 0.6) is 0 Å². The molecule has 0 unspecified atom stereocenters. The molecule has 4 rings (SSSR count). The Balaban J connectivity index is 2.02. The van der Waals surface area contributed by atoms with E-state index in [-0.39, 0.29) is 17.4 Å². The van der Waals surface area contributed by atoms with Crippen LogP contribution in [0.15, 0.2) is 29.0 Å². The lowest BCUT2D eigenvalue weighted by molar-refractivity contribution is 0.571. The van der Waals surface area contributed by atoms with Crippen molar-refractivity contribution in [3.63, 3.8) is 0 Å². The van der Waals surface area contributed by atoms with Crippen molar-refractivity contribution in [3.05, 3.63) is 41.0 Å². The maximum Gasteiger partial charge on any atom is 0.247 e. The van der Waals surface area contributed by atoms with Gasteiger partial charge in [0.1, 0.15) is 18.0 Å². The van der Waals surface area contributed by atoms with Gasteiger partial charge in [-0.15, -0.1) is 0 Å². The van der Waals surface area contributed by atoms with E-state index in [0.717, 1.165) is 5.39 Å². The number of benzene rings is 1. The lowest BCUT2D eigenvalue weighted by Crippen LogP contribution is -2.03. The highest BCUT2D eigenvalue weighted by molar-refractivity contribution is 6.35. The molecule has 1 aromatic carbocycles. The normalized spacial score (nSPS) is 10.9. The lowest BCUT2D eigenvalue weighted by Gasteiger charge is -2.08. The zero-order valence-electron chi connectivity index (χ0n) is 12.9. The first-order valence-electron chi connectivity index (χ1n) is 7.20. The largest absolute Gasteiger partial charge is 0.443 e. The van der Waals surface area contributed by atoms with Gasteiger partial charge in [-0.2, -0.15) is 10.4 Å². The summed E-state index contributed by atoms with van der Waals surface area (Å²) < 4.78 is 5.44. The maximum absolute atomic E-state index is 9.24. The minimum absolute atomic E-state index is 0.00703. The average Bonchev–Trinajstić information content (AvgIpc) is 3.23. The molecule has 8 nitrogen and oxygen atoms in total. The van der Waals surface area contributed by atoms with Gasteiger partial charge in [-0.1, -0.05) is 11.6 Å². The van der Waals surface area contributed by atoms with Gasteiger partial charge in [0.15, 0.2) is 17.2 Å². The standard InChI is InChI=1S/C16H10ClN7O/c1-7-6-25-16(21-7)14-13(22-11(4-18)15(19)23-14)8-2-9-5-20-24-12(9)10(17)3-8/h2-3,5-6H,1H3,(H2,19,23)(H,20,24). The molecule has 4 aromatic rings. The van der Waals surface area contributed by atoms with Gasteiger partial charge in [-0.05, 0) is 19.1 Å². The van der Waals surface area contributed by atoms with Crippen molar-refractivity contribution in [1.29, 1.82) is 5.26 Å². The van der Waals surface area contributed by atoms with E-state index in [2.05, 4.69) is 25.1 Å². The number of hydrogen-bond donors (Lipinski definition) is 2. The van der Waals surface area contributed by atoms with Gasteiger partial charge in [0.05, 0.1) is 22.4 Å². The van der Waals surface area contributed by atoms with Crippen molar-refractivity contribution in [3.8, 4) is 28.9 Å². The fourth-order valence-corrected chi connectivity index (χ4v) is 2.76. The molecule has 0 fully saturated rings. The molecule has 0 spiro atoms. The Hall–Kier alpha value is -3.44. The van der Waals surface area contributed by atoms with E-state index in [1.165, 1.54) is 6.26 Å². The smallest absolute Gasteiger partial charge is 0.247 e. The van der Waals surface area contributed by atoms with Crippen molar-refractivity contribution in [2.75, 3.05) is 5.73 Å². The third kappa shape index (κ3) is 2.47. The molecule has 122 valence electrons. The SMILES string of the molecule is Cc1coc(-c2nc(N)c(C#N)nc2-c2cc(Cl)c3[nH]ncc3c2)n1. The number of aromatic amines is 1. The van der Waals surface area contributed by atoms with Crippen molar-refractivity contribution in [1.82, 2.24) is 25.1 Å². The van der Waals surface area contributed by atoms with Gasteiger partial charge in [0.25, 0.3) is 0 Å². The summed E-state index contributed by atoms with van der Waals surface area (Å²) in [4.78, 5) is 12.9. The summed E-state index contributed by atoms with van der Waals surface area (Å²) in [7, 11) is 0. The molecule has 25 heavy (non-hydrogen) atoms. The second-order valence-electron chi connectivity index (χ2n) is 5.35. The molecular weight excluding hydrogens is 342 g/mol. The Labute approximate surface area is 146 Å². The number of nitrogens with one attached hydrogen (secondary N) is 1. The molecule has 3 heterocycles. The van der Waals surface area contributed by atoms with Crippen molar-refractivity contribution < 1.29 is 4.42 Å². The Morgan fingerprint density at radius 2 is 2.08 bits per heavy atom. The van der Waals surface area contributed by atoms with Crippen LogP contribution in [-0.2, 0) is 0 Å². The highest BCUT2D eigenvalue weighted by atomic mass is 35.5. The van der Waals surface area contributed by atoms with Crippen molar-refractivity contribution in [2.24, 2.45) is 0 Å². The average molecular weight is 352 g/mol. The summed E-state index contributed by atoms with van der Waals surface area (Å²) in [5.41, 5.74) is 8.62. The van der Waals surface area contributed by atoms with Crippen LogP contribution in [-0.4, -0.2) is 25.1 Å². The minimum atomic E-state index is 0.00703. The second kappa shape index (κ2) is 5.58. The maximum atomic E-state index is 9.24. The third-order valence-corrected chi connectivity index (χ3v) is 3.92. The van der Waals surface area contributed by atoms with Crippen LogP contribution < -0.4 is 5.73 Å². The number of halogens is 1. The molecule has 0 aliphatic rings. The lowest BCUT2D eigenvalue weighted by atomic mass is 10.1. The number of nitrogen functional groups attached to an aromatic ring is 1. The van der Waals surface area contributed by atoms with Crippen LogP contribution in [0.4, 0.5) is 5.82 Å². The summed E-state index contributed by atoms with van der Waals surface area (Å²) in [5.74, 6) is 0.271. The zero-order valence-corrected chi connectivity index (χ0v) is 13.7. The first-order valence-corrected chi connectivity index (χ1v) is 7.57. The van der Waals surface area contributed by atoms with Crippen molar-refractivity contribution in [2.45, 2.75) is 6.92 Å². The topological polar surface area (TPSA) is 130 Å². The van der Waals surface area contributed by atoms with E-state index in [0.29, 0.717) is 33.2 Å². The molecule has 0 amide bonds. The molecule has 0 aliphatic carbocycles. The monoisotopic (exact) mass is 351 g/mol. The van der Waals surface area contributed by atoms with Crippen LogP contribution in [0.1, 0.15) is 11.4 Å². The fraction of sp³-hybridized carbons (Fsp3) is 0.0625. The molecule has 0 bridgehead atoms. The minimum Gasteiger partial charge on any atom is -0.443 e. The van der Waals surface area contributed by atoms with Gasteiger partial charge in [0.2, 0.25) is 5.89 Å². The Bertz CT molecular complexity index is 1160. The van der Waals surface area contributed by atoms with Crippen LogP contribution >= 0.6 is 11.6 Å². The first kappa shape index (κ1) is 15.1. The Morgan fingerprint density at radius 1 is 1.24 bits per heavy atom. The molecule has 0 atom stereocenters. The Morgan fingerprint density at radius 3 is 2.80 bits per heavy atom. The molecule has 0 aliphatic heterocycles. The van der Waals surface area contributed by atoms with Crippen LogP contribution in [0.25, 0.3) is 33.7 Å². The van der Waals surface area contributed by atoms with Gasteiger partial charge in [-0.25, -0.2) is 15.0 Å². The number of rotatable bonds is 2. The number of nitrogens with two attached hydrogens (primary N) is 1. The highest BCUT2D eigenvalue weighted by Gasteiger charge is 2.20. The third-order valence-electron chi connectivity index (χ3n) is 3.62. The summed E-state index contributed by atoms with van der Waals surface area (Å²) in [5, 5.41) is 17.3. The van der Waals surface area contributed by atoms with Crippen molar-refractivity contribution >= 4 is 28.3 Å². The first-order chi connectivity index (χ1) is 12.1. The van der Waals surface area contributed by atoms with Crippen LogP contribution in [0.2, 0.25) is 5.02 Å². The number of hydrogen-bond acceptors (Lipinski definition) is 7. The predicted molar refractivity (Wildman–Crippen MR) is 91.5 cm³/mol. The second-order valence-corrected chi connectivity index (χ2v) is 5.76. The quantitative estimate of drug-likeness (QED) is 0.567. The molecule has 9 heteroatoms. The number of aromatic nitrogens is 5.